The minimum Gasteiger partial charge on any atom is -0.493 e. The van der Waals surface area contributed by atoms with Crippen LogP contribution in [0.2, 0.25) is 0 Å². The van der Waals surface area contributed by atoms with E-state index in [4.69, 9.17) is 19.3 Å². The third kappa shape index (κ3) is 10.0. The number of aryl methyl sites for hydroxylation is 3. The van der Waals surface area contributed by atoms with Gasteiger partial charge in [-0.05, 0) is 71.9 Å². The van der Waals surface area contributed by atoms with Gasteiger partial charge >= 0.3 is 0 Å². The summed E-state index contributed by atoms with van der Waals surface area (Å²) < 4.78 is 7.46. The zero-order valence-corrected chi connectivity index (χ0v) is 24.6. The molecule has 0 unspecified atom stereocenters. The Morgan fingerprint density at radius 3 is 2.33 bits per heavy atom. The van der Waals surface area contributed by atoms with E-state index in [0.717, 1.165) is 41.8 Å². The normalized spacial score (nSPS) is 12.7. The van der Waals surface area contributed by atoms with Gasteiger partial charge in [-0.2, -0.15) is 5.10 Å². The molecule has 3 heterocycles. The summed E-state index contributed by atoms with van der Waals surface area (Å²) >= 11 is 0. The van der Waals surface area contributed by atoms with Crippen molar-refractivity contribution < 1.29 is 14.3 Å². The molecule has 1 saturated heterocycles. The molecule has 0 bridgehead atoms. The fraction of sp³-hybridized carbons (Fsp3) is 0.552. The number of hydrogen-bond acceptors (Lipinski definition) is 8. The Bertz CT molecular complexity index is 1180. The van der Waals surface area contributed by atoms with Crippen molar-refractivity contribution >= 4 is 24.6 Å². The Kier molecular flexibility index (Phi) is 15.5. The second-order valence-corrected chi connectivity index (χ2v) is 9.63. The molecule has 0 amide bonds. The topological polar surface area (TPSA) is 113 Å². The summed E-state index contributed by atoms with van der Waals surface area (Å²) in [6.45, 7) is 15.9. The van der Waals surface area contributed by atoms with Crippen molar-refractivity contribution in [3.05, 3.63) is 39.8 Å². The molecule has 2 aromatic heterocycles. The van der Waals surface area contributed by atoms with Crippen molar-refractivity contribution in [2.75, 3.05) is 46.9 Å². The lowest BCUT2D eigenvalue weighted by atomic mass is 10.1. The molecule has 216 valence electrons. The maximum absolute atomic E-state index is 12.6. The quantitative estimate of drug-likeness (QED) is 0.436. The Balaban J connectivity index is 0.000000454. The molecule has 0 radical (unpaired) electrons. The van der Waals surface area contributed by atoms with Crippen LogP contribution in [0.4, 0.5) is 0 Å². The average molecular weight is 543 g/mol. The predicted octanol–water partition coefficient (Wildman–Crippen LogP) is 3.65. The van der Waals surface area contributed by atoms with Crippen LogP contribution >= 0.6 is 0 Å². The monoisotopic (exact) mass is 542 g/mol. The molecule has 0 saturated carbocycles. The molecule has 1 N–H and O–H groups in total. The molecule has 39 heavy (non-hydrogen) atoms. The Hall–Kier alpha value is -3.37. The van der Waals surface area contributed by atoms with Crippen LogP contribution in [-0.2, 0) is 23.1 Å². The lowest BCUT2D eigenvalue weighted by molar-refractivity contribution is -0.0987. The van der Waals surface area contributed by atoms with Gasteiger partial charge in [0.15, 0.2) is 5.52 Å². The fourth-order valence-electron chi connectivity index (χ4n) is 4.29. The smallest absolute Gasteiger partial charge is 0.277 e. The predicted molar refractivity (Wildman–Crippen MR) is 158 cm³/mol. The van der Waals surface area contributed by atoms with E-state index in [1.807, 2.05) is 38.7 Å². The Morgan fingerprint density at radius 2 is 1.74 bits per heavy atom. The van der Waals surface area contributed by atoms with E-state index in [1.54, 1.807) is 11.7 Å². The zero-order valence-electron chi connectivity index (χ0n) is 24.6. The van der Waals surface area contributed by atoms with Crippen molar-refractivity contribution in [2.45, 2.75) is 52.9 Å². The van der Waals surface area contributed by atoms with Crippen LogP contribution in [0.25, 0.3) is 22.4 Å². The molecule has 0 spiro atoms. The summed E-state index contributed by atoms with van der Waals surface area (Å²) in [6, 6.07) is 5.92. The first-order valence-corrected chi connectivity index (χ1v) is 13.5. The van der Waals surface area contributed by atoms with Gasteiger partial charge in [-0.25, -0.2) is 4.98 Å². The summed E-state index contributed by atoms with van der Waals surface area (Å²) in [6.07, 6.45) is 5.48. The Labute approximate surface area is 232 Å². The fourth-order valence-corrected chi connectivity index (χ4v) is 4.29. The number of nitrogens with one attached hydrogen (secondary N) is 1. The zero-order chi connectivity index (χ0) is 29.4. The summed E-state index contributed by atoms with van der Waals surface area (Å²) in [4.78, 5) is 41.1. The van der Waals surface area contributed by atoms with Crippen molar-refractivity contribution in [1.82, 2.24) is 29.5 Å². The molecular formula is C29H46N6O4. The molecule has 1 fully saturated rings. The van der Waals surface area contributed by atoms with Gasteiger partial charge in [0.1, 0.15) is 30.7 Å². The summed E-state index contributed by atoms with van der Waals surface area (Å²) in [5.41, 5.74) is 3.75. The number of fused-ring (bicyclic) bond motifs is 1. The van der Waals surface area contributed by atoms with Gasteiger partial charge in [-0.1, -0.05) is 31.9 Å². The van der Waals surface area contributed by atoms with Gasteiger partial charge < -0.3 is 29.1 Å². The van der Waals surface area contributed by atoms with E-state index < -0.39 is 0 Å². The highest BCUT2D eigenvalue weighted by Crippen LogP contribution is 2.29. The molecule has 3 aromatic rings. The number of rotatable bonds is 9. The number of benzene rings is 1. The van der Waals surface area contributed by atoms with Crippen LogP contribution in [0.1, 0.15) is 50.8 Å². The molecule has 4 rings (SSSR count). The first-order chi connectivity index (χ1) is 18.8. The van der Waals surface area contributed by atoms with E-state index in [0.29, 0.717) is 23.5 Å². The molecule has 10 heteroatoms. The third-order valence-electron chi connectivity index (χ3n) is 6.16. The number of H-pyrrole nitrogens is 1. The van der Waals surface area contributed by atoms with Crippen LogP contribution < -0.4 is 10.3 Å². The molecule has 0 atom stereocenters. The summed E-state index contributed by atoms with van der Waals surface area (Å²) in [5.74, 6) is 1.26. The van der Waals surface area contributed by atoms with Crippen LogP contribution in [0, 0.1) is 6.92 Å². The minimum atomic E-state index is -0.180. The van der Waals surface area contributed by atoms with Gasteiger partial charge in [0.25, 0.3) is 5.56 Å². The van der Waals surface area contributed by atoms with Gasteiger partial charge in [0, 0.05) is 20.1 Å². The second kappa shape index (κ2) is 18.0. The van der Waals surface area contributed by atoms with Crippen LogP contribution in [0.15, 0.2) is 23.0 Å². The SMILES string of the molecule is C=O.C=O.CCCOc1ccc(C)cc1-c1nc2c(CCC)nn(C)c2c(=O)[nH]1.CN(C)CCN1CCCC1. The number of carbonyl (C=O) groups excluding carboxylic acids is 2. The van der Waals surface area contributed by atoms with Gasteiger partial charge in [-0.15, -0.1) is 0 Å². The molecule has 0 aliphatic carbocycles. The first kappa shape index (κ1) is 33.7. The highest BCUT2D eigenvalue weighted by molar-refractivity contribution is 5.79. The maximum atomic E-state index is 12.6. The number of aromatic nitrogens is 4. The molecular weight excluding hydrogens is 496 g/mol. The summed E-state index contributed by atoms with van der Waals surface area (Å²) in [7, 11) is 6.05. The van der Waals surface area contributed by atoms with E-state index in [9.17, 15) is 4.79 Å². The third-order valence-corrected chi connectivity index (χ3v) is 6.16. The van der Waals surface area contributed by atoms with Crippen molar-refractivity contribution in [2.24, 2.45) is 7.05 Å². The number of likely N-dealkylation sites (tertiary alicyclic amines) is 1. The van der Waals surface area contributed by atoms with E-state index in [-0.39, 0.29) is 5.56 Å². The van der Waals surface area contributed by atoms with Crippen molar-refractivity contribution in [3.8, 4) is 17.1 Å². The Morgan fingerprint density at radius 1 is 1.08 bits per heavy atom. The maximum Gasteiger partial charge on any atom is 0.277 e. The molecule has 10 nitrogen and oxygen atoms in total. The first-order valence-electron chi connectivity index (χ1n) is 13.5. The summed E-state index contributed by atoms with van der Waals surface area (Å²) in [5, 5.41) is 4.47. The highest BCUT2D eigenvalue weighted by atomic mass is 16.5. The van der Waals surface area contributed by atoms with Crippen molar-refractivity contribution in [3.63, 3.8) is 0 Å². The van der Waals surface area contributed by atoms with E-state index >= 15 is 0 Å². The average Bonchev–Trinajstić information content (AvgIpc) is 3.57. The minimum absolute atomic E-state index is 0.180. The van der Waals surface area contributed by atoms with Crippen molar-refractivity contribution in [1.29, 1.82) is 0 Å². The van der Waals surface area contributed by atoms with Gasteiger partial charge in [0.2, 0.25) is 0 Å². The number of hydrogen-bond donors (Lipinski definition) is 1. The molecule has 1 aliphatic heterocycles. The number of ether oxygens (including phenoxy) is 1. The lowest BCUT2D eigenvalue weighted by Gasteiger charge is -2.17. The number of carbonyl (C=O) groups is 2. The number of nitrogens with zero attached hydrogens (tertiary/aromatic N) is 5. The highest BCUT2D eigenvalue weighted by Gasteiger charge is 2.17. The van der Waals surface area contributed by atoms with Crippen LogP contribution in [0.5, 0.6) is 5.75 Å². The van der Waals surface area contributed by atoms with Crippen LogP contribution in [0.3, 0.4) is 0 Å². The van der Waals surface area contributed by atoms with Gasteiger partial charge in [0.05, 0.1) is 17.9 Å². The standard InChI is InChI=1S/C19H24N4O2.C8H18N2.2CH2O/c1-5-7-14-16-17(23(4)22-14)19(24)21-18(20-16)13-11-12(3)8-9-15(13)25-10-6-2;1-9(2)7-8-10-5-3-4-6-10;2*1-2/h8-9,11H,5-7,10H2,1-4H3,(H,20,21,24);3-8H2,1-2H3;2*1H2. The molecule has 1 aromatic carbocycles. The molecule has 1 aliphatic rings. The number of likely N-dealkylation sites (N-methyl/N-ethyl adjacent to an activating group) is 1. The second-order valence-electron chi connectivity index (χ2n) is 9.63. The lowest BCUT2D eigenvalue weighted by Crippen LogP contribution is -2.29. The number of aromatic amines is 1. The largest absolute Gasteiger partial charge is 0.493 e. The van der Waals surface area contributed by atoms with E-state index in [1.165, 1.54) is 39.0 Å². The van der Waals surface area contributed by atoms with E-state index in [2.05, 4.69) is 47.8 Å². The van der Waals surface area contributed by atoms with Crippen LogP contribution in [-0.4, -0.2) is 90.0 Å². The van der Waals surface area contributed by atoms with Gasteiger partial charge in [-0.3, -0.25) is 9.48 Å².